The molecule has 0 spiro atoms. The highest BCUT2D eigenvalue weighted by Crippen LogP contribution is 2.30. The van der Waals surface area contributed by atoms with Gasteiger partial charge in [-0.25, -0.2) is 0 Å². The number of rotatable bonds is 4. The summed E-state index contributed by atoms with van der Waals surface area (Å²) in [4.78, 5) is 12.2. The number of carbonyl (C=O) groups is 1. The largest absolute Gasteiger partial charge is 0.457 e. The lowest BCUT2D eigenvalue weighted by atomic mass is 10.2. The molecule has 0 saturated carbocycles. The van der Waals surface area contributed by atoms with E-state index in [1.165, 1.54) is 6.08 Å². The maximum Gasteiger partial charge on any atom is 0.250 e. The molecule has 0 bridgehead atoms. The zero-order chi connectivity index (χ0) is 21.1. The Morgan fingerprint density at radius 2 is 1.87 bits per heavy atom. The van der Waals surface area contributed by atoms with Crippen molar-refractivity contribution >= 4 is 81.0 Å². The number of hydrogen-bond donors (Lipinski definition) is 2. The molecule has 0 atom stereocenters. The number of anilines is 1. The summed E-state index contributed by atoms with van der Waals surface area (Å²) in [6, 6.07) is 14.3. The number of aromatic nitrogens is 2. The molecule has 0 saturated heterocycles. The van der Waals surface area contributed by atoms with Crippen LogP contribution in [0.2, 0.25) is 10.0 Å². The average Bonchev–Trinajstić information content (AvgIpc) is 3.39. The van der Waals surface area contributed by atoms with E-state index in [1.807, 2.05) is 18.2 Å². The Morgan fingerprint density at radius 3 is 2.67 bits per heavy atom. The minimum absolute atomic E-state index is 0.0911. The summed E-state index contributed by atoms with van der Waals surface area (Å²) in [7, 11) is 0. The smallest absolute Gasteiger partial charge is 0.250 e. The van der Waals surface area contributed by atoms with Gasteiger partial charge in [0.05, 0.1) is 22.4 Å². The van der Waals surface area contributed by atoms with E-state index in [4.69, 9.17) is 39.8 Å². The van der Waals surface area contributed by atoms with Crippen LogP contribution in [0.4, 0.5) is 5.69 Å². The van der Waals surface area contributed by atoms with Gasteiger partial charge in [-0.15, -0.1) is 0 Å². The predicted molar refractivity (Wildman–Crippen MR) is 125 cm³/mol. The molecule has 6 nitrogen and oxygen atoms in total. The molecule has 2 N–H and O–H groups in total. The summed E-state index contributed by atoms with van der Waals surface area (Å²) < 4.78 is 14.1. The molecule has 4 rings (SSSR count). The van der Waals surface area contributed by atoms with E-state index in [0.29, 0.717) is 38.3 Å². The first kappa shape index (κ1) is 20.5. The van der Waals surface area contributed by atoms with Gasteiger partial charge in [0.2, 0.25) is 5.91 Å². The van der Waals surface area contributed by atoms with Gasteiger partial charge in [0.15, 0.2) is 5.11 Å². The van der Waals surface area contributed by atoms with Gasteiger partial charge in [0, 0.05) is 16.7 Å². The Bertz CT molecular complexity index is 1270. The summed E-state index contributed by atoms with van der Waals surface area (Å²) in [6.45, 7) is 0. The van der Waals surface area contributed by atoms with Crippen molar-refractivity contribution in [3.05, 3.63) is 70.4 Å². The average molecular weight is 475 g/mol. The predicted octanol–water partition coefficient (Wildman–Crippen LogP) is 5.78. The van der Waals surface area contributed by atoms with E-state index in [0.717, 1.165) is 17.3 Å². The second kappa shape index (κ2) is 8.93. The SMILES string of the molecule is O=C(/C=C/c1ccc(-c2ccc(Cl)cc2)o1)NC(=S)Nc1c(Cl)ccc2nsnc12. The first-order chi connectivity index (χ1) is 14.5. The van der Waals surface area contributed by atoms with E-state index < -0.39 is 5.91 Å². The summed E-state index contributed by atoms with van der Waals surface area (Å²) >= 11 is 18.4. The zero-order valence-corrected chi connectivity index (χ0v) is 18.2. The van der Waals surface area contributed by atoms with Crippen LogP contribution in [0.5, 0.6) is 0 Å². The molecule has 2 aromatic carbocycles. The van der Waals surface area contributed by atoms with Crippen molar-refractivity contribution in [2.75, 3.05) is 5.32 Å². The van der Waals surface area contributed by atoms with Gasteiger partial charge in [-0.3, -0.25) is 10.1 Å². The molecule has 10 heteroatoms. The fourth-order valence-corrected chi connectivity index (χ4v) is 3.68. The molecule has 1 amide bonds. The number of halogens is 2. The van der Waals surface area contributed by atoms with Crippen LogP contribution in [-0.4, -0.2) is 19.8 Å². The number of benzene rings is 2. The van der Waals surface area contributed by atoms with E-state index in [1.54, 1.807) is 36.4 Å². The number of nitrogens with zero attached hydrogens (tertiary/aromatic N) is 2. The van der Waals surface area contributed by atoms with Gasteiger partial charge in [-0.2, -0.15) is 8.75 Å². The van der Waals surface area contributed by atoms with E-state index >= 15 is 0 Å². The monoisotopic (exact) mass is 474 g/mol. The first-order valence-electron chi connectivity index (χ1n) is 8.56. The molecule has 0 aliphatic rings. The molecule has 0 fully saturated rings. The molecule has 2 aromatic heterocycles. The van der Waals surface area contributed by atoms with Crippen LogP contribution < -0.4 is 10.6 Å². The minimum Gasteiger partial charge on any atom is -0.457 e. The van der Waals surface area contributed by atoms with Gasteiger partial charge in [0.25, 0.3) is 0 Å². The van der Waals surface area contributed by atoms with Crippen LogP contribution in [0.15, 0.2) is 59.0 Å². The van der Waals surface area contributed by atoms with Crippen LogP contribution in [0, 0.1) is 0 Å². The van der Waals surface area contributed by atoms with E-state index in [-0.39, 0.29) is 5.11 Å². The van der Waals surface area contributed by atoms with Crippen molar-refractivity contribution in [3.8, 4) is 11.3 Å². The normalized spacial score (nSPS) is 11.1. The standard InChI is InChI=1S/C20H12Cl2N4O2S2/c21-12-3-1-11(2-4-12)16-9-5-13(28-16)6-10-17(27)23-20(29)24-18-14(22)7-8-15-19(18)26-30-25-15/h1-10H,(H2,23,24,27,29)/b10-6+. The molecular formula is C20H12Cl2N4O2S2. The van der Waals surface area contributed by atoms with Crippen molar-refractivity contribution in [2.45, 2.75) is 0 Å². The van der Waals surface area contributed by atoms with Crippen LogP contribution in [-0.2, 0) is 4.79 Å². The highest BCUT2D eigenvalue weighted by atomic mass is 35.5. The van der Waals surface area contributed by atoms with Gasteiger partial charge in [-0.1, -0.05) is 23.2 Å². The minimum atomic E-state index is -0.420. The number of amides is 1. The number of fused-ring (bicyclic) bond motifs is 1. The Labute approximate surface area is 190 Å². The second-order valence-electron chi connectivity index (χ2n) is 6.04. The molecule has 2 heterocycles. The Balaban J connectivity index is 1.39. The molecule has 0 aliphatic carbocycles. The molecule has 0 aliphatic heterocycles. The first-order valence-corrected chi connectivity index (χ1v) is 10.5. The maximum atomic E-state index is 12.2. The molecular weight excluding hydrogens is 463 g/mol. The Morgan fingerprint density at radius 1 is 1.07 bits per heavy atom. The summed E-state index contributed by atoms with van der Waals surface area (Å²) in [5, 5.41) is 6.63. The summed E-state index contributed by atoms with van der Waals surface area (Å²) in [5.74, 6) is 0.774. The van der Waals surface area contributed by atoms with Gasteiger partial charge in [0.1, 0.15) is 22.6 Å². The molecule has 30 heavy (non-hydrogen) atoms. The highest BCUT2D eigenvalue weighted by molar-refractivity contribution is 7.80. The summed E-state index contributed by atoms with van der Waals surface area (Å²) in [5.41, 5.74) is 2.66. The Kier molecular flexibility index (Phi) is 6.10. The third-order valence-corrected chi connectivity index (χ3v) is 5.32. The van der Waals surface area contributed by atoms with Gasteiger partial charge in [-0.05, 0) is 66.8 Å². The van der Waals surface area contributed by atoms with Crippen LogP contribution in [0.3, 0.4) is 0 Å². The molecule has 0 radical (unpaired) electrons. The lowest BCUT2D eigenvalue weighted by molar-refractivity contribution is -0.115. The van der Waals surface area contributed by atoms with Crippen molar-refractivity contribution in [1.29, 1.82) is 0 Å². The lowest BCUT2D eigenvalue weighted by Crippen LogP contribution is -2.33. The van der Waals surface area contributed by atoms with E-state index in [2.05, 4.69) is 19.4 Å². The third-order valence-electron chi connectivity index (χ3n) is 4.01. The fourth-order valence-electron chi connectivity index (χ4n) is 2.61. The number of carbonyl (C=O) groups excluding carboxylic acids is 1. The van der Waals surface area contributed by atoms with Crippen LogP contribution in [0.1, 0.15) is 5.76 Å². The van der Waals surface area contributed by atoms with Crippen molar-refractivity contribution in [3.63, 3.8) is 0 Å². The molecule has 150 valence electrons. The lowest BCUT2D eigenvalue weighted by Gasteiger charge is -2.09. The molecule has 4 aromatic rings. The zero-order valence-electron chi connectivity index (χ0n) is 15.1. The van der Waals surface area contributed by atoms with Crippen LogP contribution in [0.25, 0.3) is 28.4 Å². The second-order valence-corrected chi connectivity index (χ2v) is 7.82. The van der Waals surface area contributed by atoms with Crippen molar-refractivity contribution in [1.82, 2.24) is 14.1 Å². The van der Waals surface area contributed by atoms with Crippen molar-refractivity contribution < 1.29 is 9.21 Å². The summed E-state index contributed by atoms with van der Waals surface area (Å²) in [6.07, 6.45) is 2.88. The number of furan rings is 1. The van der Waals surface area contributed by atoms with Gasteiger partial charge >= 0.3 is 0 Å². The third kappa shape index (κ3) is 4.68. The quantitative estimate of drug-likeness (QED) is 0.288. The fraction of sp³-hybridized carbons (Fsp3) is 0. The number of hydrogen-bond acceptors (Lipinski definition) is 6. The number of thiocarbonyl (C=S) groups is 1. The topological polar surface area (TPSA) is 80.0 Å². The van der Waals surface area contributed by atoms with Crippen LogP contribution >= 0.6 is 47.1 Å². The van der Waals surface area contributed by atoms with E-state index in [9.17, 15) is 4.79 Å². The maximum absolute atomic E-state index is 12.2. The molecule has 0 unspecified atom stereocenters. The highest BCUT2D eigenvalue weighted by Gasteiger charge is 2.12. The Hall–Kier alpha value is -2.78. The number of nitrogens with one attached hydrogen (secondary N) is 2. The van der Waals surface area contributed by atoms with Crippen molar-refractivity contribution in [2.24, 2.45) is 0 Å². The van der Waals surface area contributed by atoms with Gasteiger partial charge < -0.3 is 9.73 Å².